The number of halogens is 1. The van der Waals surface area contributed by atoms with E-state index in [-0.39, 0.29) is 28.2 Å². The molecule has 1 aromatic carbocycles. The van der Waals surface area contributed by atoms with E-state index in [2.05, 4.69) is 17.6 Å². The summed E-state index contributed by atoms with van der Waals surface area (Å²) >= 11 is 6.15. The van der Waals surface area contributed by atoms with Gasteiger partial charge < -0.3 is 10.6 Å². The molecule has 126 valence electrons. The number of nitrogens with one attached hydrogen (secondary N) is 2. The molecular weight excluding hydrogens is 318 g/mol. The molecule has 23 heavy (non-hydrogen) atoms. The van der Waals surface area contributed by atoms with Gasteiger partial charge in [-0.25, -0.2) is 0 Å². The average molecular weight is 340 g/mol. The number of nitro groups is 1. The standard InChI is InChI=1S/C16H22ClN3O3/c1-3-18-14-9-13(17)12(8-15(14)20(22)23)16(21)19-11-6-4-10(2)5-7-11/h8-11,18H,3-7H2,1-2H3,(H,19,21). The number of carbonyl (C=O) groups excluding carboxylic acids is 1. The van der Waals surface area contributed by atoms with Gasteiger partial charge in [-0.1, -0.05) is 18.5 Å². The van der Waals surface area contributed by atoms with Crippen LogP contribution in [0.4, 0.5) is 11.4 Å². The Morgan fingerprint density at radius 2 is 2.00 bits per heavy atom. The maximum Gasteiger partial charge on any atom is 0.293 e. The molecule has 0 heterocycles. The number of benzene rings is 1. The molecule has 1 amide bonds. The minimum absolute atomic E-state index is 0.113. The van der Waals surface area contributed by atoms with Gasteiger partial charge >= 0.3 is 0 Å². The van der Waals surface area contributed by atoms with Crippen LogP contribution in [0.2, 0.25) is 5.02 Å². The highest BCUT2D eigenvalue weighted by Gasteiger charge is 2.24. The molecule has 0 aliphatic heterocycles. The van der Waals surface area contributed by atoms with E-state index in [0.29, 0.717) is 18.2 Å². The largest absolute Gasteiger partial charge is 0.380 e. The van der Waals surface area contributed by atoms with Crippen LogP contribution in [-0.2, 0) is 0 Å². The fourth-order valence-electron chi connectivity index (χ4n) is 2.89. The molecule has 0 spiro atoms. The lowest BCUT2D eigenvalue weighted by Crippen LogP contribution is -2.37. The number of anilines is 1. The summed E-state index contributed by atoms with van der Waals surface area (Å²) in [6, 6.07) is 2.81. The third-order valence-electron chi connectivity index (χ3n) is 4.24. The summed E-state index contributed by atoms with van der Waals surface area (Å²) in [7, 11) is 0. The van der Waals surface area contributed by atoms with Crippen LogP contribution in [0.1, 0.15) is 49.9 Å². The first-order valence-corrected chi connectivity index (χ1v) is 8.32. The van der Waals surface area contributed by atoms with E-state index in [1.807, 2.05) is 6.92 Å². The minimum atomic E-state index is -0.507. The average Bonchev–Trinajstić information content (AvgIpc) is 2.49. The molecule has 1 aromatic rings. The highest BCUT2D eigenvalue weighted by atomic mass is 35.5. The summed E-state index contributed by atoms with van der Waals surface area (Å²) in [6.07, 6.45) is 4.03. The zero-order valence-electron chi connectivity index (χ0n) is 13.4. The predicted octanol–water partition coefficient (Wildman–Crippen LogP) is 3.99. The van der Waals surface area contributed by atoms with E-state index in [0.717, 1.165) is 25.7 Å². The number of nitrogens with zero attached hydrogens (tertiary/aromatic N) is 1. The van der Waals surface area contributed by atoms with Crippen molar-refractivity contribution in [3.63, 3.8) is 0 Å². The van der Waals surface area contributed by atoms with Crippen LogP contribution >= 0.6 is 11.6 Å². The maximum absolute atomic E-state index is 12.4. The molecule has 2 rings (SSSR count). The van der Waals surface area contributed by atoms with Gasteiger partial charge in [0.1, 0.15) is 5.69 Å². The lowest BCUT2D eigenvalue weighted by atomic mass is 9.87. The molecule has 1 saturated carbocycles. The summed E-state index contributed by atoms with van der Waals surface area (Å²) in [5.74, 6) is 0.341. The number of rotatable bonds is 5. The Hall–Kier alpha value is -1.82. The molecule has 0 bridgehead atoms. The molecule has 7 heteroatoms. The Bertz CT molecular complexity index is 598. The smallest absolute Gasteiger partial charge is 0.293 e. The van der Waals surface area contributed by atoms with Gasteiger partial charge in [-0.05, 0) is 44.6 Å². The monoisotopic (exact) mass is 339 g/mol. The minimum Gasteiger partial charge on any atom is -0.380 e. The Kier molecular flexibility index (Phi) is 5.82. The molecule has 1 aliphatic carbocycles. The quantitative estimate of drug-likeness (QED) is 0.627. The van der Waals surface area contributed by atoms with E-state index in [1.165, 1.54) is 12.1 Å². The molecule has 0 aromatic heterocycles. The third-order valence-corrected chi connectivity index (χ3v) is 4.56. The lowest BCUT2D eigenvalue weighted by Gasteiger charge is -2.27. The zero-order valence-corrected chi connectivity index (χ0v) is 14.2. The number of hydrogen-bond donors (Lipinski definition) is 2. The fourth-order valence-corrected chi connectivity index (χ4v) is 3.14. The second-order valence-corrected chi connectivity index (χ2v) is 6.47. The number of hydrogen-bond acceptors (Lipinski definition) is 4. The molecule has 0 atom stereocenters. The van der Waals surface area contributed by atoms with Crippen molar-refractivity contribution < 1.29 is 9.72 Å². The van der Waals surface area contributed by atoms with Crippen molar-refractivity contribution in [1.82, 2.24) is 5.32 Å². The Morgan fingerprint density at radius 3 is 2.57 bits per heavy atom. The van der Waals surface area contributed by atoms with Gasteiger partial charge in [0, 0.05) is 18.7 Å². The number of carbonyl (C=O) groups is 1. The van der Waals surface area contributed by atoms with E-state index >= 15 is 0 Å². The Balaban J connectivity index is 2.19. The fraction of sp³-hybridized carbons (Fsp3) is 0.562. The second-order valence-electron chi connectivity index (χ2n) is 6.07. The Morgan fingerprint density at radius 1 is 1.35 bits per heavy atom. The van der Waals surface area contributed by atoms with E-state index < -0.39 is 4.92 Å². The van der Waals surface area contributed by atoms with E-state index in [1.54, 1.807) is 0 Å². The summed E-state index contributed by atoms with van der Waals surface area (Å²) in [5.41, 5.74) is 0.336. The molecular formula is C16H22ClN3O3. The molecule has 1 aliphatic rings. The van der Waals surface area contributed by atoms with Crippen LogP contribution in [0, 0.1) is 16.0 Å². The maximum atomic E-state index is 12.4. The molecule has 0 radical (unpaired) electrons. The van der Waals surface area contributed by atoms with Crippen molar-refractivity contribution in [2.75, 3.05) is 11.9 Å². The second kappa shape index (κ2) is 7.64. The van der Waals surface area contributed by atoms with Gasteiger partial charge in [0.25, 0.3) is 11.6 Å². The highest BCUT2D eigenvalue weighted by molar-refractivity contribution is 6.34. The van der Waals surface area contributed by atoms with Crippen molar-refractivity contribution >= 4 is 28.9 Å². The molecule has 1 fully saturated rings. The van der Waals surface area contributed by atoms with Crippen molar-refractivity contribution in [2.45, 2.75) is 45.6 Å². The van der Waals surface area contributed by atoms with Crippen molar-refractivity contribution in [3.05, 3.63) is 32.8 Å². The summed E-state index contributed by atoms with van der Waals surface area (Å²) < 4.78 is 0. The van der Waals surface area contributed by atoms with Crippen molar-refractivity contribution in [1.29, 1.82) is 0 Å². The van der Waals surface area contributed by atoms with Crippen LogP contribution in [0.5, 0.6) is 0 Å². The van der Waals surface area contributed by atoms with Gasteiger partial charge in [0.15, 0.2) is 0 Å². The number of nitro benzene ring substituents is 1. The van der Waals surface area contributed by atoms with Gasteiger partial charge in [-0.3, -0.25) is 14.9 Å². The van der Waals surface area contributed by atoms with Crippen LogP contribution in [0.15, 0.2) is 12.1 Å². The summed E-state index contributed by atoms with van der Waals surface area (Å²) in [6.45, 7) is 4.57. The summed E-state index contributed by atoms with van der Waals surface area (Å²) in [5, 5.41) is 17.3. The molecule has 2 N–H and O–H groups in total. The summed E-state index contributed by atoms with van der Waals surface area (Å²) in [4.78, 5) is 23.1. The van der Waals surface area contributed by atoms with Crippen LogP contribution in [0.25, 0.3) is 0 Å². The Labute approximate surface area is 140 Å². The first-order chi connectivity index (χ1) is 10.9. The third kappa shape index (κ3) is 4.34. The SMILES string of the molecule is CCNc1cc(Cl)c(C(=O)NC2CCC(C)CC2)cc1[N+](=O)[O-]. The first kappa shape index (κ1) is 17.5. The van der Waals surface area contributed by atoms with Crippen molar-refractivity contribution in [3.8, 4) is 0 Å². The zero-order chi connectivity index (χ0) is 17.0. The van der Waals surface area contributed by atoms with Gasteiger partial charge in [-0.2, -0.15) is 0 Å². The van der Waals surface area contributed by atoms with Gasteiger partial charge in [-0.15, -0.1) is 0 Å². The molecule has 0 saturated heterocycles. The van der Waals surface area contributed by atoms with Crippen LogP contribution in [-0.4, -0.2) is 23.4 Å². The topological polar surface area (TPSA) is 84.3 Å². The predicted molar refractivity (Wildman–Crippen MR) is 91.2 cm³/mol. The highest BCUT2D eigenvalue weighted by Crippen LogP contribution is 2.31. The van der Waals surface area contributed by atoms with Crippen LogP contribution in [0.3, 0.4) is 0 Å². The normalized spacial score (nSPS) is 20.8. The van der Waals surface area contributed by atoms with E-state index in [4.69, 9.17) is 11.6 Å². The first-order valence-electron chi connectivity index (χ1n) is 7.95. The lowest BCUT2D eigenvalue weighted by molar-refractivity contribution is -0.384. The van der Waals surface area contributed by atoms with Crippen molar-refractivity contribution in [2.24, 2.45) is 5.92 Å². The number of amides is 1. The molecule has 0 unspecified atom stereocenters. The molecule has 6 nitrogen and oxygen atoms in total. The van der Waals surface area contributed by atoms with Gasteiger partial charge in [0.2, 0.25) is 0 Å². The van der Waals surface area contributed by atoms with Crippen LogP contribution < -0.4 is 10.6 Å². The van der Waals surface area contributed by atoms with E-state index in [9.17, 15) is 14.9 Å². The van der Waals surface area contributed by atoms with Gasteiger partial charge in [0.05, 0.1) is 15.5 Å².